The molecule has 0 radical (unpaired) electrons. The fourth-order valence-corrected chi connectivity index (χ4v) is 3.94. The van der Waals surface area contributed by atoms with Crippen LogP contribution in [0.25, 0.3) is 11.1 Å². The number of anilines is 2. The van der Waals surface area contributed by atoms with Gasteiger partial charge in [-0.25, -0.2) is 14.4 Å². The highest BCUT2D eigenvalue weighted by Crippen LogP contribution is 2.24. The Morgan fingerprint density at radius 2 is 1.70 bits per heavy atom. The molecule has 1 unspecified atom stereocenters. The molecule has 5 nitrogen and oxygen atoms in total. The maximum absolute atomic E-state index is 13.1. The first kappa shape index (κ1) is 20.0. The molecule has 1 atom stereocenters. The second kappa shape index (κ2) is 8.61. The Kier molecular flexibility index (Phi) is 5.74. The fourth-order valence-electron chi connectivity index (χ4n) is 3.94. The zero-order valence-electron chi connectivity index (χ0n) is 17.2. The van der Waals surface area contributed by atoms with E-state index in [-0.39, 0.29) is 17.6 Å². The standard InChI is InChI=1S/C24H25FN4O/c1-16-10-17(2)12-22(11-16)28-23(30)19-4-3-9-29(15-19)24-26-13-20(14-27-24)18-5-7-21(25)8-6-18/h5-8,10-14,19H,3-4,9,15H2,1-2H3,(H,28,30). The van der Waals surface area contributed by atoms with E-state index >= 15 is 0 Å². The third-order valence-electron chi connectivity index (χ3n) is 5.38. The second-order valence-corrected chi connectivity index (χ2v) is 7.93. The molecule has 2 aromatic carbocycles. The molecule has 1 N–H and O–H groups in total. The van der Waals surface area contributed by atoms with Crippen LogP contribution < -0.4 is 10.2 Å². The van der Waals surface area contributed by atoms with Gasteiger partial charge in [-0.15, -0.1) is 0 Å². The van der Waals surface area contributed by atoms with Gasteiger partial charge in [-0.2, -0.15) is 0 Å². The minimum atomic E-state index is -0.269. The van der Waals surface area contributed by atoms with Crippen LogP contribution in [0.1, 0.15) is 24.0 Å². The van der Waals surface area contributed by atoms with Crippen molar-refractivity contribution in [3.8, 4) is 11.1 Å². The molecule has 1 aromatic heterocycles. The van der Waals surface area contributed by atoms with Crippen molar-refractivity contribution in [1.29, 1.82) is 0 Å². The Morgan fingerprint density at radius 3 is 2.37 bits per heavy atom. The van der Waals surface area contributed by atoms with Crippen LogP contribution in [0, 0.1) is 25.6 Å². The van der Waals surface area contributed by atoms with Gasteiger partial charge in [0.25, 0.3) is 0 Å². The predicted molar refractivity (Wildman–Crippen MR) is 117 cm³/mol. The number of carbonyl (C=O) groups is 1. The van der Waals surface area contributed by atoms with Gasteiger partial charge >= 0.3 is 0 Å². The first-order valence-corrected chi connectivity index (χ1v) is 10.2. The molecule has 4 rings (SSSR count). The van der Waals surface area contributed by atoms with Crippen LogP contribution in [0.3, 0.4) is 0 Å². The van der Waals surface area contributed by atoms with Gasteiger partial charge in [0.1, 0.15) is 5.82 Å². The molecule has 1 aliphatic rings. The summed E-state index contributed by atoms with van der Waals surface area (Å²) < 4.78 is 13.1. The number of aromatic nitrogens is 2. The summed E-state index contributed by atoms with van der Waals surface area (Å²) in [5.41, 5.74) is 4.80. The minimum Gasteiger partial charge on any atom is -0.340 e. The summed E-state index contributed by atoms with van der Waals surface area (Å²) in [6.07, 6.45) is 5.25. The molecule has 0 spiro atoms. The van der Waals surface area contributed by atoms with Gasteiger partial charge in [-0.3, -0.25) is 4.79 Å². The summed E-state index contributed by atoms with van der Waals surface area (Å²) in [5.74, 6) is 0.270. The van der Waals surface area contributed by atoms with Crippen molar-refractivity contribution in [3.63, 3.8) is 0 Å². The summed E-state index contributed by atoms with van der Waals surface area (Å²) in [4.78, 5) is 23.9. The number of nitrogens with zero attached hydrogens (tertiary/aromatic N) is 3. The first-order chi connectivity index (χ1) is 14.5. The summed E-state index contributed by atoms with van der Waals surface area (Å²) in [6, 6.07) is 12.3. The van der Waals surface area contributed by atoms with Crippen molar-refractivity contribution in [3.05, 3.63) is 71.8 Å². The molecular formula is C24H25FN4O. The number of nitrogens with one attached hydrogen (secondary N) is 1. The number of benzene rings is 2. The highest BCUT2D eigenvalue weighted by atomic mass is 19.1. The minimum absolute atomic E-state index is 0.0348. The van der Waals surface area contributed by atoms with Gasteiger partial charge in [0.15, 0.2) is 0 Å². The van der Waals surface area contributed by atoms with Crippen LogP contribution in [-0.4, -0.2) is 29.0 Å². The Morgan fingerprint density at radius 1 is 1.03 bits per heavy atom. The van der Waals surface area contributed by atoms with Crippen LogP contribution in [-0.2, 0) is 4.79 Å². The number of aryl methyl sites for hydroxylation is 2. The number of piperidine rings is 1. The van der Waals surface area contributed by atoms with E-state index in [1.165, 1.54) is 12.1 Å². The Labute approximate surface area is 176 Å². The average Bonchev–Trinajstić information content (AvgIpc) is 2.74. The summed E-state index contributed by atoms with van der Waals surface area (Å²) >= 11 is 0. The predicted octanol–water partition coefficient (Wildman–Crippen LogP) is 4.75. The molecule has 1 aliphatic heterocycles. The lowest BCUT2D eigenvalue weighted by Crippen LogP contribution is -2.41. The molecule has 6 heteroatoms. The van der Waals surface area contributed by atoms with Crippen LogP contribution in [0.4, 0.5) is 16.0 Å². The SMILES string of the molecule is Cc1cc(C)cc(NC(=O)C2CCCN(c3ncc(-c4ccc(F)cc4)cn3)C2)c1. The quantitative estimate of drug-likeness (QED) is 0.681. The Hall–Kier alpha value is -3.28. The van der Waals surface area contributed by atoms with Crippen molar-refractivity contribution < 1.29 is 9.18 Å². The van der Waals surface area contributed by atoms with Gasteiger partial charge in [-0.05, 0) is 67.6 Å². The number of rotatable bonds is 4. The van der Waals surface area contributed by atoms with Crippen LogP contribution in [0.5, 0.6) is 0 Å². The van der Waals surface area contributed by atoms with E-state index in [1.54, 1.807) is 24.5 Å². The van der Waals surface area contributed by atoms with Crippen molar-refractivity contribution in [1.82, 2.24) is 9.97 Å². The van der Waals surface area contributed by atoms with E-state index in [4.69, 9.17) is 0 Å². The number of hydrogen-bond acceptors (Lipinski definition) is 4. The van der Waals surface area contributed by atoms with Gasteiger partial charge in [0.05, 0.1) is 5.92 Å². The van der Waals surface area contributed by atoms with Crippen molar-refractivity contribution >= 4 is 17.5 Å². The van der Waals surface area contributed by atoms with E-state index in [9.17, 15) is 9.18 Å². The molecule has 1 fully saturated rings. The van der Waals surface area contributed by atoms with Crippen molar-refractivity contribution in [2.24, 2.45) is 5.92 Å². The van der Waals surface area contributed by atoms with Gasteiger partial charge < -0.3 is 10.2 Å². The van der Waals surface area contributed by atoms with Crippen LogP contribution >= 0.6 is 0 Å². The molecule has 0 bridgehead atoms. The first-order valence-electron chi connectivity index (χ1n) is 10.2. The highest BCUT2D eigenvalue weighted by molar-refractivity contribution is 5.93. The molecule has 1 amide bonds. The molecule has 154 valence electrons. The lowest BCUT2D eigenvalue weighted by molar-refractivity contribution is -0.120. The topological polar surface area (TPSA) is 58.1 Å². The number of hydrogen-bond donors (Lipinski definition) is 1. The largest absolute Gasteiger partial charge is 0.340 e. The second-order valence-electron chi connectivity index (χ2n) is 7.93. The summed E-state index contributed by atoms with van der Waals surface area (Å²) in [6.45, 7) is 5.46. The molecule has 3 aromatic rings. The van der Waals surface area contributed by atoms with Gasteiger partial charge in [0, 0.05) is 36.7 Å². The number of carbonyl (C=O) groups excluding carboxylic acids is 1. The summed E-state index contributed by atoms with van der Waals surface area (Å²) in [7, 11) is 0. The van der Waals surface area contributed by atoms with E-state index in [1.807, 2.05) is 26.0 Å². The lowest BCUT2D eigenvalue weighted by atomic mass is 9.97. The zero-order valence-corrected chi connectivity index (χ0v) is 17.2. The normalized spacial score (nSPS) is 16.4. The number of halogens is 1. The third kappa shape index (κ3) is 4.64. The molecule has 2 heterocycles. The number of amides is 1. The highest BCUT2D eigenvalue weighted by Gasteiger charge is 2.27. The van der Waals surface area contributed by atoms with Gasteiger partial charge in [-0.1, -0.05) is 18.2 Å². The molecule has 1 saturated heterocycles. The Bertz CT molecular complexity index is 1010. The molecule has 0 aliphatic carbocycles. The zero-order chi connectivity index (χ0) is 21.1. The Balaban J connectivity index is 1.43. The fraction of sp³-hybridized carbons (Fsp3) is 0.292. The average molecular weight is 404 g/mol. The third-order valence-corrected chi connectivity index (χ3v) is 5.38. The lowest BCUT2D eigenvalue weighted by Gasteiger charge is -2.32. The van der Waals surface area contributed by atoms with E-state index < -0.39 is 0 Å². The molecule has 0 saturated carbocycles. The molecule has 30 heavy (non-hydrogen) atoms. The monoisotopic (exact) mass is 404 g/mol. The van der Waals surface area contributed by atoms with Gasteiger partial charge in [0.2, 0.25) is 11.9 Å². The van der Waals surface area contributed by atoms with Crippen molar-refractivity contribution in [2.45, 2.75) is 26.7 Å². The van der Waals surface area contributed by atoms with Crippen LogP contribution in [0.2, 0.25) is 0 Å². The van der Waals surface area contributed by atoms with Crippen molar-refractivity contribution in [2.75, 3.05) is 23.3 Å². The summed E-state index contributed by atoms with van der Waals surface area (Å²) in [5, 5.41) is 3.06. The maximum Gasteiger partial charge on any atom is 0.229 e. The smallest absolute Gasteiger partial charge is 0.229 e. The van der Waals surface area contributed by atoms with E-state index in [0.717, 1.165) is 47.3 Å². The molecular weight excluding hydrogens is 379 g/mol. The maximum atomic E-state index is 13.1. The van der Waals surface area contributed by atoms with E-state index in [0.29, 0.717) is 12.5 Å². The van der Waals surface area contributed by atoms with E-state index in [2.05, 4.69) is 26.3 Å². The van der Waals surface area contributed by atoms with Crippen LogP contribution in [0.15, 0.2) is 54.9 Å².